The van der Waals surface area contributed by atoms with Crippen molar-refractivity contribution in [3.8, 4) is 23.3 Å². The second-order valence-corrected chi connectivity index (χ2v) is 10.2. The van der Waals surface area contributed by atoms with Crippen LogP contribution in [0.25, 0.3) is 6.08 Å². The molecule has 166 valence electrons. The molecule has 0 radical (unpaired) electrons. The molecule has 0 atom stereocenters. The van der Waals surface area contributed by atoms with Crippen LogP contribution >= 0.6 is 61.1 Å². The lowest BCUT2D eigenvalue weighted by atomic mass is 10.1. The van der Waals surface area contributed by atoms with Crippen molar-refractivity contribution in [1.29, 1.82) is 5.26 Å². The molecule has 0 aliphatic carbocycles. The van der Waals surface area contributed by atoms with Crippen LogP contribution in [0.4, 0.5) is 5.69 Å². The molecule has 0 saturated heterocycles. The smallest absolute Gasteiger partial charge is 0.266 e. The average Bonchev–Trinajstić information content (AvgIpc) is 3.26. The first kappa shape index (κ1) is 23.8. The normalized spacial score (nSPS) is 12.2. The fourth-order valence-corrected chi connectivity index (χ4v) is 5.43. The van der Waals surface area contributed by atoms with Gasteiger partial charge in [0.25, 0.3) is 5.91 Å². The summed E-state index contributed by atoms with van der Waals surface area (Å²) in [6.45, 7) is 0.604. The fraction of sp³-hybridized carbons (Fsp3) is 0.0833. The highest BCUT2D eigenvalue weighted by atomic mass is 127. The first-order valence-corrected chi connectivity index (χ1v) is 12.6. The van der Waals surface area contributed by atoms with E-state index in [-0.39, 0.29) is 12.4 Å². The van der Waals surface area contributed by atoms with Gasteiger partial charge in [-0.2, -0.15) is 5.26 Å². The van der Waals surface area contributed by atoms with Gasteiger partial charge in [-0.15, -0.1) is 0 Å². The van der Waals surface area contributed by atoms with E-state index in [0.29, 0.717) is 18.0 Å². The number of nitrogens with one attached hydrogen (secondary N) is 1. The summed E-state index contributed by atoms with van der Waals surface area (Å²) >= 11 is 7.74. The molecule has 4 rings (SSSR count). The van der Waals surface area contributed by atoms with Crippen molar-refractivity contribution in [2.75, 3.05) is 12.1 Å². The number of anilines is 1. The first-order chi connectivity index (χ1) is 15.9. The lowest BCUT2D eigenvalue weighted by Gasteiger charge is -2.12. The molecule has 33 heavy (non-hydrogen) atoms. The van der Waals surface area contributed by atoms with Gasteiger partial charge in [0.2, 0.25) is 6.79 Å². The Hall–Kier alpha value is -2.30. The summed E-state index contributed by atoms with van der Waals surface area (Å²) in [4.78, 5) is 12.5. The van der Waals surface area contributed by atoms with Crippen molar-refractivity contribution in [2.45, 2.75) is 6.61 Å². The highest BCUT2D eigenvalue weighted by molar-refractivity contribution is 14.1. The molecule has 0 fully saturated rings. The van der Waals surface area contributed by atoms with E-state index in [9.17, 15) is 10.1 Å². The maximum atomic E-state index is 12.5. The zero-order chi connectivity index (χ0) is 23.4. The number of hydrogen-bond acceptors (Lipinski definition) is 5. The summed E-state index contributed by atoms with van der Waals surface area (Å²) in [5.74, 6) is 1.72. The van der Waals surface area contributed by atoms with Gasteiger partial charge in [-0.25, -0.2) is 0 Å². The zero-order valence-corrected chi connectivity index (χ0v) is 22.8. The van der Waals surface area contributed by atoms with E-state index in [1.165, 1.54) is 0 Å². The molecule has 0 spiro atoms. The Morgan fingerprint density at radius 1 is 1.09 bits per heavy atom. The Kier molecular flexibility index (Phi) is 7.77. The Morgan fingerprint density at radius 2 is 1.79 bits per heavy atom. The third kappa shape index (κ3) is 5.99. The number of carbonyl (C=O) groups is 1. The van der Waals surface area contributed by atoms with Crippen LogP contribution in [-0.2, 0) is 11.4 Å². The van der Waals surface area contributed by atoms with Crippen LogP contribution < -0.4 is 19.5 Å². The van der Waals surface area contributed by atoms with Crippen LogP contribution in [0.5, 0.6) is 17.2 Å². The van der Waals surface area contributed by atoms with Gasteiger partial charge in [-0.3, -0.25) is 4.79 Å². The maximum Gasteiger partial charge on any atom is 0.266 e. The summed E-state index contributed by atoms with van der Waals surface area (Å²) in [6, 6.07) is 18.6. The molecule has 1 heterocycles. The second-order valence-electron chi connectivity index (χ2n) is 6.92. The predicted octanol–water partition coefficient (Wildman–Crippen LogP) is 6.51. The zero-order valence-electron chi connectivity index (χ0n) is 16.9. The Morgan fingerprint density at radius 3 is 2.48 bits per heavy atom. The molecule has 0 bridgehead atoms. The molecule has 0 aromatic heterocycles. The minimum absolute atomic E-state index is 0.0125. The van der Waals surface area contributed by atoms with Gasteiger partial charge < -0.3 is 19.5 Å². The van der Waals surface area contributed by atoms with Gasteiger partial charge in [0, 0.05) is 10.2 Å². The molecule has 3 aromatic rings. The molecule has 9 heteroatoms. The first-order valence-electron chi connectivity index (χ1n) is 9.62. The molecule has 0 unspecified atom stereocenters. The van der Waals surface area contributed by atoms with Crippen LogP contribution in [0.3, 0.4) is 0 Å². The van der Waals surface area contributed by atoms with Gasteiger partial charge in [-0.05, 0) is 111 Å². The quantitative estimate of drug-likeness (QED) is 0.178. The second kappa shape index (κ2) is 10.8. The van der Waals surface area contributed by atoms with E-state index in [0.717, 1.165) is 34.2 Å². The number of fused-ring (bicyclic) bond motifs is 1. The summed E-state index contributed by atoms with van der Waals surface area (Å²) < 4.78 is 19.5. The predicted molar refractivity (Wildman–Crippen MR) is 145 cm³/mol. The number of carbonyl (C=O) groups excluding carboxylic acids is 1. The molecular weight excluding hydrogens is 714 g/mol. The molecule has 1 N–H and O–H groups in total. The number of rotatable bonds is 6. The molecule has 0 saturated carbocycles. The molecular formula is C24H15BrI2N2O4. The number of benzene rings is 3. The van der Waals surface area contributed by atoms with E-state index in [1.54, 1.807) is 18.2 Å². The van der Waals surface area contributed by atoms with Crippen LogP contribution in [-0.4, -0.2) is 12.7 Å². The number of nitriles is 1. The Labute approximate surface area is 226 Å². The van der Waals surface area contributed by atoms with Crippen LogP contribution in [0.15, 0.2) is 64.6 Å². The van der Waals surface area contributed by atoms with Gasteiger partial charge >= 0.3 is 0 Å². The Balaban J connectivity index is 1.48. The number of amides is 1. The van der Waals surface area contributed by atoms with Crippen molar-refractivity contribution < 1.29 is 19.0 Å². The summed E-state index contributed by atoms with van der Waals surface area (Å²) in [7, 11) is 0. The van der Waals surface area contributed by atoms with Crippen LogP contribution in [0, 0.1) is 18.5 Å². The number of nitrogens with zero attached hydrogens (tertiary/aromatic N) is 1. The number of halogens is 3. The highest BCUT2D eigenvalue weighted by Crippen LogP contribution is 2.34. The highest BCUT2D eigenvalue weighted by Gasteiger charge is 2.15. The van der Waals surface area contributed by atoms with E-state index in [1.807, 2.05) is 48.5 Å². The SMILES string of the molecule is N#C/C(=C/c1cc(I)c(OCc2ccc3c(c2)OCO3)c(I)c1)C(=O)Nc1ccc(Br)cc1. The van der Waals surface area contributed by atoms with E-state index < -0.39 is 5.91 Å². The van der Waals surface area contributed by atoms with E-state index in [2.05, 4.69) is 66.4 Å². The maximum absolute atomic E-state index is 12.5. The van der Waals surface area contributed by atoms with Crippen molar-refractivity contribution in [2.24, 2.45) is 0 Å². The van der Waals surface area contributed by atoms with Crippen molar-refractivity contribution >= 4 is 78.8 Å². The summed E-state index contributed by atoms with van der Waals surface area (Å²) in [6.07, 6.45) is 1.57. The van der Waals surface area contributed by atoms with Crippen molar-refractivity contribution in [1.82, 2.24) is 0 Å². The minimum Gasteiger partial charge on any atom is -0.487 e. The number of ether oxygens (including phenoxy) is 3. The monoisotopic (exact) mass is 728 g/mol. The van der Waals surface area contributed by atoms with Crippen molar-refractivity contribution in [3.05, 3.63) is 82.9 Å². The number of hydrogen-bond donors (Lipinski definition) is 1. The third-order valence-electron chi connectivity index (χ3n) is 4.62. The minimum atomic E-state index is -0.465. The fourth-order valence-electron chi connectivity index (χ4n) is 3.03. The van der Waals surface area contributed by atoms with Crippen LogP contribution in [0.2, 0.25) is 0 Å². The van der Waals surface area contributed by atoms with E-state index >= 15 is 0 Å². The standard InChI is InChI=1S/C24H15BrI2N2O4/c25-17-2-4-18(5-3-17)29-24(30)16(11-28)7-15-8-19(26)23(20(27)9-15)31-12-14-1-6-21-22(10-14)33-13-32-21/h1-10H,12-13H2,(H,29,30)/b16-7-. The van der Waals surface area contributed by atoms with Gasteiger partial charge in [0.05, 0.1) is 7.14 Å². The topological polar surface area (TPSA) is 80.6 Å². The molecule has 1 aliphatic heterocycles. The summed E-state index contributed by atoms with van der Waals surface area (Å²) in [5, 5.41) is 12.3. The van der Waals surface area contributed by atoms with Gasteiger partial charge in [0.15, 0.2) is 11.5 Å². The largest absolute Gasteiger partial charge is 0.487 e. The van der Waals surface area contributed by atoms with E-state index in [4.69, 9.17) is 14.2 Å². The van der Waals surface area contributed by atoms with Gasteiger partial charge in [0.1, 0.15) is 24.0 Å². The molecule has 1 aliphatic rings. The molecule has 1 amide bonds. The molecule has 3 aromatic carbocycles. The van der Waals surface area contributed by atoms with Crippen LogP contribution in [0.1, 0.15) is 11.1 Å². The molecule has 6 nitrogen and oxygen atoms in total. The lowest BCUT2D eigenvalue weighted by molar-refractivity contribution is -0.112. The average molecular weight is 729 g/mol. The van der Waals surface area contributed by atoms with Gasteiger partial charge in [-0.1, -0.05) is 22.0 Å². The lowest BCUT2D eigenvalue weighted by Crippen LogP contribution is -2.13. The Bertz CT molecular complexity index is 1260. The van der Waals surface area contributed by atoms with Crippen molar-refractivity contribution in [3.63, 3.8) is 0 Å². The third-order valence-corrected chi connectivity index (χ3v) is 6.75. The summed E-state index contributed by atoms with van der Waals surface area (Å²) in [5.41, 5.74) is 2.33.